The van der Waals surface area contributed by atoms with Gasteiger partial charge >= 0.3 is 11.9 Å². The lowest BCUT2D eigenvalue weighted by atomic mass is 10.0. The van der Waals surface area contributed by atoms with Crippen molar-refractivity contribution < 1.29 is 36.8 Å². The van der Waals surface area contributed by atoms with E-state index in [9.17, 15) is 9.59 Å². The second-order valence-electron chi connectivity index (χ2n) is 23.1. The van der Waals surface area contributed by atoms with E-state index in [0.717, 1.165) is 75.3 Å². The van der Waals surface area contributed by atoms with E-state index in [4.69, 9.17) is 27.2 Å². The van der Waals surface area contributed by atoms with Crippen molar-refractivity contribution in [1.29, 1.82) is 0 Å². The fourth-order valence-corrected chi connectivity index (χ4v) is 28.0. The van der Waals surface area contributed by atoms with Gasteiger partial charge in [-0.2, -0.15) is 0 Å². The van der Waals surface area contributed by atoms with E-state index in [0.29, 0.717) is 13.2 Å². The number of hydrogen-bond acceptors (Lipinski definition) is 8. The molecule has 74 heavy (non-hydrogen) atoms. The van der Waals surface area contributed by atoms with Crippen molar-refractivity contribution in [2.75, 3.05) is 26.4 Å². The van der Waals surface area contributed by atoms with Gasteiger partial charge in [-0.05, 0) is 149 Å². The first-order valence-electron chi connectivity index (χ1n) is 29.0. The number of benzene rings is 3. The van der Waals surface area contributed by atoms with Crippen molar-refractivity contribution in [1.82, 2.24) is 0 Å². The van der Waals surface area contributed by atoms with Crippen molar-refractivity contribution in [3.05, 3.63) is 98.1 Å². The second kappa shape index (κ2) is 36.5. The molecule has 0 aliphatic heterocycles. The lowest BCUT2D eigenvalue weighted by molar-refractivity contribution is -0.138. The predicted octanol–water partition coefficient (Wildman–Crippen LogP) is 18.7. The molecule has 0 bridgehead atoms. The molecule has 3 rings (SSSR count). The number of ether oxygens (including phenoxy) is 4. The molecule has 0 spiro atoms. The summed E-state index contributed by atoms with van der Waals surface area (Å²) in [5.74, 6) is 1.22. The maximum Gasteiger partial charge on any atom is 0.330 e. The molecule has 0 amide bonds. The standard InChI is InChI=1S/C62H102O8Si4/c1-11-61(63)67-49-29-33-53-73(7,8)69-71(3,4)51-31-25-21-17-13-15-19-23-27-47-65-59-43-39-57(40-44-59)55-35-37-56(38-36-55)58-41-45-60(46-42-58)66-48-28-24-20-16-14-18-22-26-32-52-72(5,6)70-74(9,10)54-34-30-50-68-62(64)12-2/h11-12,35-46H,1-2,13-34,47-54H2,3-10H3. The van der Waals surface area contributed by atoms with Gasteiger partial charge in [-0.25, -0.2) is 9.59 Å². The molecule has 0 aromatic heterocycles. The fraction of sp³-hybridized carbons (Fsp3) is 0.613. The zero-order valence-electron chi connectivity index (χ0n) is 48.0. The van der Waals surface area contributed by atoms with Gasteiger partial charge in [-0.15, -0.1) is 0 Å². The third-order valence-electron chi connectivity index (χ3n) is 13.9. The minimum absolute atomic E-state index is 0.334. The van der Waals surface area contributed by atoms with Crippen LogP contribution in [0.25, 0.3) is 22.3 Å². The Morgan fingerprint density at radius 3 is 0.824 bits per heavy atom. The first-order valence-corrected chi connectivity index (χ1v) is 41.4. The van der Waals surface area contributed by atoms with Crippen LogP contribution in [0.2, 0.25) is 76.6 Å². The molecule has 0 radical (unpaired) electrons. The summed E-state index contributed by atoms with van der Waals surface area (Å²) in [6, 6.07) is 30.6. The Morgan fingerprint density at radius 1 is 0.338 bits per heavy atom. The van der Waals surface area contributed by atoms with Crippen LogP contribution in [-0.2, 0) is 27.3 Å². The van der Waals surface area contributed by atoms with Crippen LogP contribution in [0.4, 0.5) is 0 Å². The van der Waals surface area contributed by atoms with Crippen LogP contribution in [0.5, 0.6) is 11.5 Å². The minimum atomic E-state index is -1.70. The maximum atomic E-state index is 11.2. The van der Waals surface area contributed by atoms with Crippen LogP contribution in [0.15, 0.2) is 98.1 Å². The van der Waals surface area contributed by atoms with Gasteiger partial charge in [0.2, 0.25) is 0 Å². The van der Waals surface area contributed by atoms with Gasteiger partial charge in [0, 0.05) is 12.2 Å². The SMILES string of the molecule is C=CC(=O)OCCCC[Si](C)(C)O[Si](C)(C)CCCCCCCCCCCOc1ccc(-c2ccc(-c3ccc(OCCCCCCCCCCC[Si](C)(C)O[Si](C)(C)CCCCOC(=O)C=C)cc3)cc2)cc1. The van der Waals surface area contributed by atoms with Crippen molar-refractivity contribution in [3.8, 4) is 33.8 Å². The summed E-state index contributed by atoms with van der Waals surface area (Å²) in [5.41, 5.74) is 4.80. The van der Waals surface area contributed by atoms with Crippen molar-refractivity contribution >= 4 is 45.2 Å². The normalized spacial score (nSPS) is 12.1. The molecule has 3 aromatic carbocycles. The molecule has 3 aromatic rings. The summed E-state index contributed by atoms with van der Waals surface area (Å²) in [6.45, 7) is 28.3. The summed E-state index contributed by atoms with van der Waals surface area (Å²) < 4.78 is 36.1. The molecule has 0 unspecified atom stereocenters. The number of hydrogen-bond donors (Lipinski definition) is 0. The van der Waals surface area contributed by atoms with Crippen LogP contribution in [0.1, 0.15) is 141 Å². The van der Waals surface area contributed by atoms with E-state index in [1.807, 2.05) is 0 Å². The summed E-state index contributed by atoms with van der Waals surface area (Å²) in [4.78, 5) is 22.5. The third-order valence-corrected chi connectivity index (χ3v) is 29.0. The zero-order valence-corrected chi connectivity index (χ0v) is 52.0. The summed E-state index contributed by atoms with van der Waals surface area (Å²) in [5, 5.41) is 0. The third kappa shape index (κ3) is 30.9. The fourth-order valence-electron chi connectivity index (χ4n) is 9.97. The van der Waals surface area contributed by atoms with Crippen molar-refractivity contribution in [2.24, 2.45) is 0 Å². The Labute approximate surface area is 455 Å². The van der Waals surface area contributed by atoms with E-state index < -0.39 is 33.3 Å². The Morgan fingerprint density at radius 2 is 0.554 bits per heavy atom. The quantitative estimate of drug-likeness (QED) is 0.0239. The zero-order chi connectivity index (χ0) is 54.0. The van der Waals surface area contributed by atoms with E-state index in [2.05, 4.69) is 138 Å². The Bertz CT molecular complexity index is 1840. The van der Waals surface area contributed by atoms with Gasteiger partial charge in [0.25, 0.3) is 0 Å². The molecule has 12 heteroatoms. The van der Waals surface area contributed by atoms with Crippen molar-refractivity contribution in [3.63, 3.8) is 0 Å². The monoisotopic (exact) mass is 1090 g/mol. The highest BCUT2D eigenvalue weighted by Crippen LogP contribution is 2.30. The molecule has 0 fully saturated rings. The van der Waals surface area contributed by atoms with Crippen LogP contribution in [0.3, 0.4) is 0 Å². The van der Waals surface area contributed by atoms with E-state index >= 15 is 0 Å². The molecule has 0 saturated carbocycles. The molecular formula is C62H102O8Si4. The predicted molar refractivity (Wildman–Crippen MR) is 324 cm³/mol. The minimum Gasteiger partial charge on any atom is -0.494 e. The molecule has 414 valence electrons. The average Bonchev–Trinajstić information content (AvgIpc) is 3.36. The lowest BCUT2D eigenvalue weighted by Crippen LogP contribution is -2.44. The first kappa shape index (κ1) is 64.8. The number of unbranched alkanes of at least 4 members (excludes halogenated alkanes) is 18. The van der Waals surface area contributed by atoms with Gasteiger partial charge < -0.3 is 27.2 Å². The Hall–Kier alpha value is -3.53. The highest BCUT2D eigenvalue weighted by Gasteiger charge is 2.33. The molecule has 0 saturated heterocycles. The Balaban J connectivity index is 1.16. The van der Waals surface area contributed by atoms with Crippen LogP contribution in [0, 0.1) is 0 Å². The molecule has 0 heterocycles. The first-order chi connectivity index (χ1) is 35.4. The number of esters is 2. The largest absolute Gasteiger partial charge is 0.494 e. The van der Waals surface area contributed by atoms with Gasteiger partial charge in [0.05, 0.1) is 26.4 Å². The highest BCUT2D eigenvalue weighted by molar-refractivity contribution is 6.85. The molecule has 0 aliphatic rings. The van der Waals surface area contributed by atoms with Gasteiger partial charge in [-0.3, -0.25) is 0 Å². The summed E-state index contributed by atoms with van der Waals surface area (Å²) in [7, 11) is -6.71. The van der Waals surface area contributed by atoms with E-state index in [1.165, 1.54) is 149 Å². The van der Waals surface area contributed by atoms with E-state index in [-0.39, 0.29) is 11.9 Å². The Kier molecular flexibility index (Phi) is 31.9. The average molecular weight is 1090 g/mol. The smallest absolute Gasteiger partial charge is 0.330 e. The molecule has 8 nitrogen and oxygen atoms in total. The summed E-state index contributed by atoms with van der Waals surface area (Å²) in [6.07, 6.45) is 29.3. The number of carbonyl (C=O) groups is 2. The van der Waals surface area contributed by atoms with E-state index in [1.54, 1.807) is 0 Å². The van der Waals surface area contributed by atoms with Gasteiger partial charge in [0.1, 0.15) is 11.5 Å². The maximum absolute atomic E-state index is 11.2. The highest BCUT2D eigenvalue weighted by atomic mass is 28.4. The molecule has 0 N–H and O–H groups in total. The van der Waals surface area contributed by atoms with Crippen LogP contribution < -0.4 is 9.47 Å². The number of carbonyl (C=O) groups excluding carboxylic acids is 2. The van der Waals surface area contributed by atoms with Gasteiger partial charge in [-0.1, -0.05) is 177 Å². The lowest BCUT2D eigenvalue weighted by Gasteiger charge is -2.34. The second-order valence-corrected chi connectivity index (χ2v) is 40.8. The number of rotatable bonds is 44. The van der Waals surface area contributed by atoms with Crippen LogP contribution >= 0.6 is 0 Å². The van der Waals surface area contributed by atoms with Crippen LogP contribution in [-0.4, -0.2) is 71.6 Å². The molecular weight excluding hydrogens is 985 g/mol. The molecule has 0 aliphatic carbocycles. The summed E-state index contributed by atoms with van der Waals surface area (Å²) >= 11 is 0. The van der Waals surface area contributed by atoms with Crippen molar-refractivity contribution in [2.45, 2.75) is 218 Å². The molecule has 0 atom stereocenters. The van der Waals surface area contributed by atoms with Gasteiger partial charge in [0.15, 0.2) is 33.3 Å². The topological polar surface area (TPSA) is 89.5 Å².